The molecule has 1 N–H and O–H groups in total. The molecule has 2 aliphatic rings. The van der Waals surface area contributed by atoms with Gasteiger partial charge in [0.05, 0.1) is 5.92 Å². The van der Waals surface area contributed by atoms with Gasteiger partial charge in [0.1, 0.15) is 0 Å². The van der Waals surface area contributed by atoms with Crippen molar-refractivity contribution in [3.05, 3.63) is 35.9 Å². The van der Waals surface area contributed by atoms with Crippen molar-refractivity contribution in [3.63, 3.8) is 0 Å². The van der Waals surface area contributed by atoms with Crippen LogP contribution in [0.1, 0.15) is 56.9 Å². The first-order chi connectivity index (χ1) is 12.1. The fourth-order valence-electron chi connectivity index (χ4n) is 4.44. The summed E-state index contributed by atoms with van der Waals surface area (Å²) in [4.78, 5) is 26.2. The third-order valence-corrected chi connectivity index (χ3v) is 5.89. The van der Waals surface area contributed by atoms with E-state index in [1.54, 1.807) is 0 Å². The van der Waals surface area contributed by atoms with Crippen LogP contribution in [0.3, 0.4) is 0 Å². The van der Waals surface area contributed by atoms with Gasteiger partial charge < -0.3 is 10.0 Å². The van der Waals surface area contributed by atoms with Crippen LogP contribution in [0, 0.1) is 11.8 Å². The molecule has 1 unspecified atom stereocenters. The highest BCUT2D eigenvalue weighted by Gasteiger charge is 2.38. The molecule has 1 aliphatic carbocycles. The molecule has 2 fully saturated rings. The van der Waals surface area contributed by atoms with Gasteiger partial charge in [0.15, 0.2) is 0 Å². The molecule has 4 nitrogen and oxygen atoms in total. The topological polar surface area (TPSA) is 57.6 Å². The van der Waals surface area contributed by atoms with Gasteiger partial charge in [-0.05, 0) is 63.4 Å². The first-order valence-electron chi connectivity index (χ1n) is 9.72. The fraction of sp³-hybridized carbons (Fsp3) is 0.619. The van der Waals surface area contributed by atoms with Crippen LogP contribution in [0.5, 0.6) is 0 Å². The summed E-state index contributed by atoms with van der Waals surface area (Å²) in [5.74, 6) is -0.924. The lowest BCUT2D eigenvalue weighted by atomic mass is 9.93. The standard InChI is InChI=1S/C21H29NO3/c23-20(17-12-13-18(15-17)21(24)25)22-14-5-4-10-19(22)11-6-9-16-7-2-1-3-8-16/h1-3,7-8,17-19H,4-6,9-15H2,(H,24,25)/t17-,18+,19?/m0/s1. The number of hydrogen-bond donors (Lipinski definition) is 1. The number of carbonyl (C=O) groups is 2. The lowest BCUT2D eigenvalue weighted by Crippen LogP contribution is -2.46. The van der Waals surface area contributed by atoms with E-state index in [2.05, 4.69) is 29.2 Å². The third kappa shape index (κ3) is 4.62. The molecule has 1 aromatic rings. The Hall–Kier alpha value is -1.84. The van der Waals surface area contributed by atoms with Crippen LogP contribution in [-0.2, 0) is 16.0 Å². The van der Waals surface area contributed by atoms with Crippen molar-refractivity contribution < 1.29 is 14.7 Å². The second-order valence-electron chi connectivity index (χ2n) is 7.60. The predicted octanol–water partition coefficient (Wildman–Crippen LogP) is 3.89. The highest BCUT2D eigenvalue weighted by molar-refractivity contribution is 5.81. The molecule has 1 saturated heterocycles. The van der Waals surface area contributed by atoms with Gasteiger partial charge in [0.2, 0.25) is 5.91 Å². The van der Waals surface area contributed by atoms with E-state index < -0.39 is 5.97 Å². The van der Waals surface area contributed by atoms with E-state index in [1.165, 1.54) is 12.0 Å². The highest BCUT2D eigenvalue weighted by atomic mass is 16.4. The van der Waals surface area contributed by atoms with Crippen LogP contribution in [0.2, 0.25) is 0 Å². The van der Waals surface area contributed by atoms with Gasteiger partial charge in [-0.2, -0.15) is 0 Å². The van der Waals surface area contributed by atoms with Crippen molar-refractivity contribution in [2.75, 3.05) is 6.54 Å². The minimum Gasteiger partial charge on any atom is -0.481 e. The summed E-state index contributed by atoms with van der Waals surface area (Å²) in [5.41, 5.74) is 1.36. The number of amides is 1. The summed E-state index contributed by atoms with van der Waals surface area (Å²) >= 11 is 0. The number of carbonyl (C=O) groups excluding carboxylic acids is 1. The molecule has 1 saturated carbocycles. The molecule has 0 bridgehead atoms. The van der Waals surface area contributed by atoms with Crippen LogP contribution in [0.15, 0.2) is 30.3 Å². The number of piperidine rings is 1. The summed E-state index contributed by atoms with van der Waals surface area (Å²) in [6.07, 6.45) is 8.50. The van der Waals surface area contributed by atoms with Crippen LogP contribution in [-0.4, -0.2) is 34.5 Å². The number of rotatable bonds is 6. The van der Waals surface area contributed by atoms with E-state index in [0.29, 0.717) is 18.9 Å². The molecule has 3 atom stereocenters. The molecule has 1 heterocycles. The number of carboxylic acids is 1. The molecule has 0 aromatic heterocycles. The minimum absolute atomic E-state index is 0.0733. The van der Waals surface area contributed by atoms with Crippen LogP contribution in [0.4, 0.5) is 0 Å². The maximum absolute atomic E-state index is 12.9. The third-order valence-electron chi connectivity index (χ3n) is 5.89. The largest absolute Gasteiger partial charge is 0.481 e. The SMILES string of the molecule is O=C(O)[C@@H]1CC[C@H](C(=O)N2CCCCC2CCCc2ccccc2)C1. The second-order valence-corrected chi connectivity index (χ2v) is 7.60. The van der Waals surface area contributed by atoms with E-state index in [4.69, 9.17) is 0 Å². The van der Waals surface area contributed by atoms with E-state index >= 15 is 0 Å². The Kier molecular flexibility index (Phi) is 6.11. The summed E-state index contributed by atoms with van der Waals surface area (Å²) < 4.78 is 0. The van der Waals surface area contributed by atoms with Crippen LogP contribution in [0.25, 0.3) is 0 Å². The lowest BCUT2D eigenvalue weighted by molar-refractivity contribution is -0.142. The number of aryl methyl sites for hydroxylation is 1. The maximum Gasteiger partial charge on any atom is 0.306 e. The number of carboxylic acid groups (broad SMARTS) is 1. The van der Waals surface area contributed by atoms with Crippen LogP contribution >= 0.6 is 0 Å². The molecule has 25 heavy (non-hydrogen) atoms. The summed E-state index contributed by atoms with van der Waals surface area (Å²) in [5, 5.41) is 9.17. The van der Waals surface area contributed by atoms with E-state index in [-0.39, 0.29) is 17.7 Å². The van der Waals surface area contributed by atoms with Gasteiger partial charge in [0, 0.05) is 18.5 Å². The molecule has 1 amide bonds. The molecular formula is C21H29NO3. The Morgan fingerprint density at radius 2 is 1.80 bits per heavy atom. The average Bonchev–Trinajstić information content (AvgIpc) is 3.13. The average molecular weight is 343 g/mol. The predicted molar refractivity (Wildman–Crippen MR) is 97.2 cm³/mol. The lowest BCUT2D eigenvalue weighted by Gasteiger charge is -2.37. The zero-order valence-electron chi connectivity index (χ0n) is 14.9. The second kappa shape index (κ2) is 8.50. The first-order valence-corrected chi connectivity index (χ1v) is 9.72. The number of hydrogen-bond acceptors (Lipinski definition) is 2. The fourth-order valence-corrected chi connectivity index (χ4v) is 4.44. The highest BCUT2D eigenvalue weighted by Crippen LogP contribution is 2.34. The first kappa shape index (κ1) is 18.0. The van der Waals surface area contributed by atoms with Crippen molar-refractivity contribution >= 4 is 11.9 Å². The molecule has 4 heteroatoms. The number of benzene rings is 1. The number of aliphatic carboxylic acids is 1. The summed E-state index contributed by atoms with van der Waals surface area (Å²) in [6.45, 7) is 0.850. The smallest absolute Gasteiger partial charge is 0.306 e. The van der Waals surface area contributed by atoms with Gasteiger partial charge in [-0.3, -0.25) is 9.59 Å². The van der Waals surface area contributed by atoms with Gasteiger partial charge >= 0.3 is 5.97 Å². The van der Waals surface area contributed by atoms with Crippen molar-refractivity contribution in [1.29, 1.82) is 0 Å². The Bertz CT molecular complexity index is 586. The number of nitrogens with zero attached hydrogens (tertiary/aromatic N) is 1. The molecule has 3 rings (SSSR count). The zero-order valence-corrected chi connectivity index (χ0v) is 14.9. The Morgan fingerprint density at radius 3 is 2.52 bits per heavy atom. The number of likely N-dealkylation sites (tertiary alicyclic amines) is 1. The van der Waals surface area contributed by atoms with Gasteiger partial charge in [-0.15, -0.1) is 0 Å². The van der Waals surface area contributed by atoms with Crippen LogP contribution < -0.4 is 0 Å². The molecule has 1 aliphatic heterocycles. The van der Waals surface area contributed by atoms with Crippen molar-refractivity contribution in [1.82, 2.24) is 4.90 Å². The van der Waals surface area contributed by atoms with E-state index in [0.717, 1.165) is 45.1 Å². The van der Waals surface area contributed by atoms with Crippen molar-refractivity contribution in [3.8, 4) is 0 Å². The Labute approximate surface area is 150 Å². The molecule has 1 aromatic carbocycles. The molecule has 0 spiro atoms. The maximum atomic E-state index is 12.9. The van der Waals surface area contributed by atoms with Gasteiger partial charge in [-0.25, -0.2) is 0 Å². The summed E-state index contributed by atoms with van der Waals surface area (Å²) in [6, 6.07) is 10.9. The van der Waals surface area contributed by atoms with E-state index in [9.17, 15) is 14.7 Å². The normalized spacial score (nSPS) is 26.6. The van der Waals surface area contributed by atoms with Crippen molar-refractivity contribution in [2.24, 2.45) is 11.8 Å². The van der Waals surface area contributed by atoms with Gasteiger partial charge in [0.25, 0.3) is 0 Å². The van der Waals surface area contributed by atoms with E-state index in [1.807, 2.05) is 6.07 Å². The summed E-state index contributed by atoms with van der Waals surface area (Å²) in [7, 11) is 0. The monoisotopic (exact) mass is 343 g/mol. The van der Waals surface area contributed by atoms with Gasteiger partial charge in [-0.1, -0.05) is 30.3 Å². The molecule has 136 valence electrons. The molecule has 0 radical (unpaired) electrons. The molecular weight excluding hydrogens is 314 g/mol. The minimum atomic E-state index is -0.742. The Morgan fingerprint density at radius 1 is 1.04 bits per heavy atom. The quantitative estimate of drug-likeness (QED) is 0.852. The zero-order chi connectivity index (χ0) is 17.6. The van der Waals surface area contributed by atoms with Crippen molar-refractivity contribution in [2.45, 2.75) is 63.8 Å². The Balaban J connectivity index is 1.53.